The first kappa shape index (κ1) is 15.3. The van der Waals surface area contributed by atoms with Crippen molar-refractivity contribution in [3.05, 3.63) is 35.9 Å². The minimum absolute atomic E-state index is 0.0881. The number of carbonyl (C=O) groups is 2. The van der Waals surface area contributed by atoms with E-state index in [0.717, 1.165) is 5.56 Å². The molecule has 1 aromatic carbocycles. The van der Waals surface area contributed by atoms with Gasteiger partial charge in [-0.2, -0.15) is 0 Å². The lowest BCUT2D eigenvalue weighted by molar-refractivity contribution is -0.151. The van der Waals surface area contributed by atoms with Crippen LogP contribution in [0.3, 0.4) is 0 Å². The highest BCUT2D eigenvalue weighted by Gasteiger charge is 2.46. The summed E-state index contributed by atoms with van der Waals surface area (Å²) >= 11 is 0. The molecule has 0 aliphatic carbocycles. The second-order valence-corrected chi connectivity index (χ2v) is 5.23. The Morgan fingerprint density at radius 3 is 2.67 bits per heavy atom. The molecule has 1 saturated heterocycles. The number of nitrogens with zero attached hydrogens (tertiary/aromatic N) is 1. The Hall–Kier alpha value is -2.08. The molecule has 1 heterocycles. The maximum atomic E-state index is 12.0. The van der Waals surface area contributed by atoms with Gasteiger partial charge in [0.05, 0.1) is 6.61 Å². The number of amides is 1. The first-order chi connectivity index (χ1) is 10.1. The molecule has 1 amide bonds. The molecule has 0 spiro atoms. The van der Waals surface area contributed by atoms with Crippen LogP contribution in [0.15, 0.2) is 30.3 Å². The van der Waals surface area contributed by atoms with E-state index in [9.17, 15) is 14.7 Å². The van der Waals surface area contributed by atoms with Crippen LogP contribution in [0.1, 0.15) is 12.0 Å². The van der Waals surface area contributed by atoms with E-state index in [0.29, 0.717) is 13.0 Å². The van der Waals surface area contributed by atoms with Crippen molar-refractivity contribution in [2.75, 3.05) is 26.8 Å². The number of likely N-dealkylation sites (tertiary alicyclic amines) is 1. The van der Waals surface area contributed by atoms with E-state index in [2.05, 4.69) is 0 Å². The molecule has 0 aromatic heterocycles. The largest absolute Gasteiger partial charge is 0.481 e. The van der Waals surface area contributed by atoms with Crippen molar-refractivity contribution >= 4 is 12.1 Å². The van der Waals surface area contributed by atoms with Gasteiger partial charge in [0, 0.05) is 20.2 Å². The molecule has 114 valence electrons. The summed E-state index contributed by atoms with van der Waals surface area (Å²) in [5.41, 5.74) is -0.132. The number of hydrogen-bond acceptors (Lipinski definition) is 4. The van der Waals surface area contributed by atoms with Gasteiger partial charge in [0.15, 0.2) is 0 Å². The van der Waals surface area contributed by atoms with Crippen LogP contribution in [-0.2, 0) is 20.9 Å². The maximum Gasteiger partial charge on any atom is 0.410 e. The smallest absolute Gasteiger partial charge is 0.410 e. The molecule has 6 heteroatoms. The van der Waals surface area contributed by atoms with Crippen LogP contribution >= 0.6 is 0 Å². The Kier molecular flexibility index (Phi) is 4.80. The molecule has 1 aliphatic rings. The molecule has 1 aromatic rings. The summed E-state index contributed by atoms with van der Waals surface area (Å²) in [5, 5.41) is 9.34. The number of rotatable bonds is 5. The third kappa shape index (κ3) is 3.52. The van der Waals surface area contributed by atoms with Crippen LogP contribution in [0.2, 0.25) is 0 Å². The normalized spacial score (nSPS) is 21.3. The molecule has 1 N–H and O–H groups in total. The Labute approximate surface area is 123 Å². The summed E-state index contributed by atoms with van der Waals surface area (Å²) in [7, 11) is 1.46. The lowest BCUT2D eigenvalue weighted by atomic mass is 9.88. The number of carbonyl (C=O) groups excluding carboxylic acids is 1. The Bertz CT molecular complexity index is 504. The van der Waals surface area contributed by atoms with E-state index in [1.54, 1.807) is 0 Å². The Balaban J connectivity index is 1.91. The molecular weight excluding hydrogens is 274 g/mol. The number of aliphatic carboxylic acids is 1. The third-order valence-corrected chi connectivity index (χ3v) is 3.69. The number of carboxylic acid groups (broad SMARTS) is 1. The standard InChI is InChI=1S/C15H19NO5/c1-20-11-15(13(17)18)7-8-16(10-15)14(19)21-9-12-5-3-2-4-6-12/h2-6H,7-11H2,1H3,(H,17,18). The topological polar surface area (TPSA) is 76.1 Å². The molecule has 0 bridgehead atoms. The van der Waals surface area contributed by atoms with Crippen molar-refractivity contribution < 1.29 is 24.2 Å². The van der Waals surface area contributed by atoms with Crippen molar-refractivity contribution in [3.8, 4) is 0 Å². The second-order valence-electron chi connectivity index (χ2n) is 5.23. The number of methoxy groups -OCH3 is 1. The van der Waals surface area contributed by atoms with Crippen molar-refractivity contribution in [1.29, 1.82) is 0 Å². The van der Waals surface area contributed by atoms with Crippen molar-refractivity contribution in [1.82, 2.24) is 4.90 Å². The van der Waals surface area contributed by atoms with E-state index in [4.69, 9.17) is 9.47 Å². The average molecular weight is 293 g/mol. The Morgan fingerprint density at radius 2 is 2.05 bits per heavy atom. The zero-order valence-electron chi connectivity index (χ0n) is 11.9. The van der Waals surface area contributed by atoms with Gasteiger partial charge in [-0.25, -0.2) is 4.79 Å². The first-order valence-corrected chi connectivity index (χ1v) is 6.75. The zero-order valence-corrected chi connectivity index (χ0v) is 11.9. The fourth-order valence-electron chi connectivity index (χ4n) is 2.47. The first-order valence-electron chi connectivity index (χ1n) is 6.75. The SMILES string of the molecule is COCC1(C(=O)O)CCN(C(=O)OCc2ccccc2)C1. The van der Waals surface area contributed by atoms with Crippen molar-refractivity contribution in [2.24, 2.45) is 5.41 Å². The number of ether oxygens (including phenoxy) is 2. The molecule has 1 unspecified atom stereocenters. The van der Waals surface area contributed by atoms with E-state index in [1.807, 2.05) is 30.3 Å². The van der Waals surface area contributed by atoms with Crippen LogP contribution in [0.5, 0.6) is 0 Å². The third-order valence-electron chi connectivity index (χ3n) is 3.69. The summed E-state index contributed by atoms with van der Waals surface area (Å²) in [4.78, 5) is 24.8. The molecule has 1 aliphatic heterocycles. The van der Waals surface area contributed by atoms with Crippen molar-refractivity contribution in [3.63, 3.8) is 0 Å². The molecular formula is C15H19NO5. The van der Waals surface area contributed by atoms with Gasteiger partial charge >= 0.3 is 12.1 Å². The fourth-order valence-corrected chi connectivity index (χ4v) is 2.47. The molecule has 6 nitrogen and oxygen atoms in total. The summed E-state index contributed by atoms with van der Waals surface area (Å²) in [5.74, 6) is -0.942. The van der Waals surface area contributed by atoms with E-state index in [-0.39, 0.29) is 19.8 Å². The van der Waals surface area contributed by atoms with Crippen LogP contribution < -0.4 is 0 Å². The predicted molar refractivity (Wildman–Crippen MR) is 74.8 cm³/mol. The minimum atomic E-state index is -1.03. The van der Waals surface area contributed by atoms with Gasteiger partial charge in [-0.15, -0.1) is 0 Å². The van der Waals surface area contributed by atoms with Crippen molar-refractivity contribution in [2.45, 2.75) is 13.0 Å². The van der Waals surface area contributed by atoms with Gasteiger partial charge < -0.3 is 19.5 Å². The van der Waals surface area contributed by atoms with Gasteiger partial charge in [-0.3, -0.25) is 4.79 Å². The summed E-state index contributed by atoms with van der Waals surface area (Å²) in [6.45, 7) is 0.748. The molecule has 1 atom stereocenters. The van der Waals surface area contributed by atoms with Gasteiger partial charge in [0.1, 0.15) is 12.0 Å². The van der Waals surface area contributed by atoms with E-state index in [1.165, 1.54) is 12.0 Å². The van der Waals surface area contributed by atoms with Crippen LogP contribution in [0.25, 0.3) is 0 Å². The summed E-state index contributed by atoms with van der Waals surface area (Å²) in [6, 6.07) is 9.35. The highest BCUT2D eigenvalue weighted by molar-refractivity contribution is 5.78. The highest BCUT2D eigenvalue weighted by atomic mass is 16.6. The van der Waals surface area contributed by atoms with Crippen LogP contribution in [-0.4, -0.2) is 48.9 Å². The van der Waals surface area contributed by atoms with E-state index < -0.39 is 17.5 Å². The van der Waals surface area contributed by atoms with Gasteiger partial charge in [-0.05, 0) is 12.0 Å². The van der Waals surface area contributed by atoms with Crippen LogP contribution in [0.4, 0.5) is 4.79 Å². The number of hydrogen-bond donors (Lipinski definition) is 1. The number of carboxylic acids is 1. The molecule has 0 saturated carbocycles. The zero-order chi connectivity index (χ0) is 15.3. The molecule has 1 fully saturated rings. The predicted octanol–water partition coefficient (Wildman–Crippen LogP) is 1.75. The quantitative estimate of drug-likeness (QED) is 0.895. The molecule has 2 rings (SSSR count). The second kappa shape index (κ2) is 6.58. The summed E-state index contributed by atoms with van der Waals surface area (Å²) < 4.78 is 10.2. The lowest BCUT2D eigenvalue weighted by Crippen LogP contribution is -2.40. The van der Waals surface area contributed by atoms with Gasteiger partial charge in [-0.1, -0.05) is 30.3 Å². The Morgan fingerprint density at radius 1 is 1.33 bits per heavy atom. The van der Waals surface area contributed by atoms with Gasteiger partial charge in [0.25, 0.3) is 0 Å². The summed E-state index contributed by atoms with van der Waals surface area (Å²) in [6.07, 6.45) is -0.116. The van der Waals surface area contributed by atoms with E-state index >= 15 is 0 Å². The lowest BCUT2D eigenvalue weighted by Gasteiger charge is -2.23. The molecule has 21 heavy (non-hydrogen) atoms. The monoisotopic (exact) mass is 293 g/mol. The highest BCUT2D eigenvalue weighted by Crippen LogP contribution is 2.31. The molecule has 0 radical (unpaired) electrons. The average Bonchev–Trinajstić information content (AvgIpc) is 2.92. The van der Waals surface area contributed by atoms with Crippen LogP contribution in [0, 0.1) is 5.41 Å². The number of benzene rings is 1. The maximum absolute atomic E-state index is 12.0. The fraction of sp³-hybridized carbons (Fsp3) is 0.467. The van der Waals surface area contributed by atoms with Gasteiger partial charge in [0.2, 0.25) is 0 Å². The minimum Gasteiger partial charge on any atom is -0.481 e.